The Morgan fingerprint density at radius 2 is 2.23 bits per heavy atom. The molecule has 0 heterocycles. The zero-order valence-corrected chi connectivity index (χ0v) is 14.0. The second-order valence-electron chi connectivity index (χ2n) is 7.02. The number of nitrogens with two attached hydrogens (primary N) is 1. The van der Waals surface area contributed by atoms with E-state index in [0.717, 1.165) is 31.4 Å². The molecule has 0 amide bonds. The largest absolute Gasteiger partial charge is 0.392 e. The molecule has 4 nitrogen and oxygen atoms in total. The number of hydrogen-bond acceptors (Lipinski definition) is 2. The number of nitrogens with zero attached hydrogens (tertiary/aromatic N) is 1. The summed E-state index contributed by atoms with van der Waals surface area (Å²) < 4.78 is 0. The maximum absolute atomic E-state index is 10.2. The van der Waals surface area contributed by atoms with Crippen molar-refractivity contribution in [1.82, 2.24) is 0 Å². The lowest BCUT2D eigenvalue weighted by atomic mass is 9.73. The van der Waals surface area contributed by atoms with Crippen LogP contribution in [0.2, 0.25) is 0 Å². The van der Waals surface area contributed by atoms with Crippen molar-refractivity contribution >= 4 is 11.6 Å². The molecule has 1 aliphatic carbocycles. The van der Waals surface area contributed by atoms with Gasteiger partial charge in [-0.05, 0) is 36.5 Å². The van der Waals surface area contributed by atoms with Gasteiger partial charge in [-0.2, -0.15) is 0 Å². The van der Waals surface area contributed by atoms with E-state index >= 15 is 0 Å². The molecule has 2 rings (SSSR count). The van der Waals surface area contributed by atoms with E-state index in [4.69, 9.17) is 5.73 Å². The maximum atomic E-state index is 10.2. The van der Waals surface area contributed by atoms with E-state index in [-0.39, 0.29) is 11.5 Å². The lowest BCUT2D eigenvalue weighted by molar-refractivity contribution is 0.00724. The Hall–Kier alpha value is -1.55. The number of nitrogens with one attached hydrogen (secondary N) is 1. The molecule has 0 aliphatic heterocycles. The van der Waals surface area contributed by atoms with Crippen LogP contribution < -0.4 is 11.1 Å². The number of guanidine groups is 1. The van der Waals surface area contributed by atoms with Crippen molar-refractivity contribution in [2.24, 2.45) is 16.1 Å². The van der Waals surface area contributed by atoms with Gasteiger partial charge in [0.2, 0.25) is 0 Å². The number of aliphatic hydroxyl groups is 1. The number of benzene rings is 1. The average molecular weight is 303 g/mol. The first-order valence-corrected chi connectivity index (χ1v) is 8.26. The van der Waals surface area contributed by atoms with Crippen LogP contribution in [-0.2, 0) is 0 Å². The standard InChI is InChI=1S/C18H29N3O/c1-13(2)14-7-6-8-15(11-14)21-17(19)20-12-18(3)10-5-4-9-16(18)22/h6-8,11,13,16,22H,4-5,9-10,12H2,1-3H3,(H3,19,20,21). The van der Waals surface area contributed by atoms with Crippen LogP contribution in [0.1, 0.15) is 57.9 Å². The number of anilines is 1. The van der Waals surface area contributed by atoms with Gasteiger partial charge in [0.1, 0.15) is 0 Å². The summed E-state index contributed by atoms with van der Waals surface area (Å²) in [6.07, 6.45) is 3.87. The molecule has 2 atom stereocenters. The summed E-state index contributed by atoms with van der Waals surface area (Å²) in [6.45, 7) is 7.01. The number of rotatable bonds is 4. The van der Waals surface area contributed by atoms with E-state index in [1.807, 2.05) is 12.1 Å². The molecule has 122 valence electrons. The molecule has 1 aromatic rings. The van der Waals surface area contributed by atoms with Crippen LogP contribution in [0.15, 0.2) is 29.3 Å². The Balaban J connectivity index is 1.99. The third-order valence-corrected chi connectivity index (χ3v) is 4.72. The minimum absolute atomic E-state index is 0.148. The van der Waals surface area contributed by atoms with Gasteiger partial charge in [0.15, 0.2) is 5.96 Å². The first kappa shape index (κ1) is 16.8. The predicted molar refractivity (Wildman–Crippen MR) is 93.2 cm³/mol. The fourth-order valence-corrected chi connectivity index (χ4v) is 2.99. The average Bonchev–Trinajstić information content (AvgIpc) is 2.49. The zero-order valence-electron chi connectivity index (χ0n) is 14.0. The van der Waals surface area contributed by atoms with Crippen molar-refractivity contribution in [1.29, 1.82) is 0 Å². The minimum Gasteiger partial charge on any atom is -0.392 e. The lowest BCUT2D eigenvalue weighted by Gasteiger charge is -2.37. The predicted octanol–water partition coefficient (Wildman–Crippen LogP) is 3.48. The maximum Gasteiger partial charge on any atom is 0.193 e. The highest BCUT2D eigenvalue weighted by molar-refractivity contribution is 5.92. The van der Waals surface area contributed by atoms with Gasteiger partial charge in [-0.1, -0.05) is 45.7 Å². The van der Waals surface area contributed by atoms with Gasteiger partial charge in [-0.15, -0.1) is 0 Å². The topological polar surface area (TPSA) is 70.6 Å². The van der Waals surface area contributed by atoms with Crippen molar-refractivity contribution in [2.45, 2.75) is 58.5 Å². The van der Waals surface area contributed by atoms with Gasteiger partial charge in [-0.25, -0.2) is 0 Å². The van der Waals surface area contributed by atoms with Gasteiger partial charge < -0.3 is 16.2 Å². The fraction of sp³-hybridized carbons (Fsp3) is 0.611. The summed E-state index contributed by atoms with van der Waals surface area (Å²) in [5.74, 6) is 0.899. The number of aliphatic hydroxyl groups excluding tert-OH is 1. The van der Waals surface area contributed by atoms with Crippen LogP contribution in [-0.4, -0.2) is 23.7 Å². The van der Waals surface area contributed by atoms with Gasteiger partial charge in [0.05, 0.1) is 12.6 Å². The van der Waals surface area contributed by atoms with E-state index < -0.39 is 0 Å². The molecule has 2 unspecified atom stereocenters. The van der Waals surface area contributed by atoms with Crippen LogP contribution in [0, 0.1) is 5.41 Å². The van der Waals surface area contributed by atoms with Crippen molar-refractivity contribution in [3.63, 3.8) is 0 Å². The van der Waals surface area contributed by atoms with E-state index in [9.17, 15) is 5.11 Å². The smallest absolute Gasteiger partial charge is 0.193 e. The van der Waals surface area contributed by atoms with Gasteiger partial charge in [-0.3, -0.25) is 4.99 Å². The Morgan fingerprint density at radius 1 is 1.45 bits per heavy atom. The van der Waals surface area contributed by atoms with E-state index in [2.05, 4.69) is 43.2 Å². The minimum atomic E-state index is -0.276. The molecule has 4 N–H and O–H groups in total. The Bertz CT molecular complexity index is 527. The van der Waals surface area contributed by atoms with Crippen molar-refractivity contribution in [2.75, 3.05) is 11.9 Å². The van der Waals surface area contributed by atoms with Gasteiger partial charge in [0, 0.05) is 11.1 Å². The molecule has 1 fully saturated rings. The fourth-order valence-electron chi connectivity index (χ4n) is 2.99. The first-order valence-electron chi connectivity index (χ1n) is 8.26. The monoisotopic (exact) mass is 303 g/mol. The normalized spacial score (nSPS) is 26.2. The van der Waals surface area contributed by atoms with E-state index in [1.165, 1.54) is 5.56 Å². The molecule has 0 radical (unpaired) electrons. The molecular formula is C18H29N3O. The second-order valence-corrected chi connectivity index (χ2v) is 7.02. The number of aliphatic imine (C=N–C) groups is 1. The summed E-state index contributed by atoms with van der Waals surface area (Å²) in [7, 11) is 0. The highest BCUT2D eigenvalue weighted by Crippen LogP contribution is 2.36. The van der Waals surface area contributed by atoms with Crippen LogP contribution in [0.4, 0.5) is 5.69 Å². The Labute approximate surface area is 133 Å². The van der Waals surface area contributed by atoms with Crippen LogP contribution in [0.25, 0.3) is 0 Å². The SMILES string of the molecule is CC(C)c1cccc(NC(N)=NCC2(C)CCCCC2O)c1. The van der Waals surface area contributed by atoms with Crippen LogP contribution >= 0.6 is 0 Å². The molecule has 0 aromatic heterocycles. The zero-order chi connectivity index (χ0) is 16.2. The third kappa shape index (κ3) is 4.23. The summed E-state index contributed by atoms with van der Waals surface area (Å²) in [4.78, 5) is 4.46. The van der Waals surface area contributed by atoms with Gasteiger partial charge in [0.25, 0.3) is 0 Å². The Morgan fingerprint density at radius 3 is 2.91 bits per heavy atom. The quantitative estimate of drug-likeness (QED) is 0.589. The van der Waals surface area contributed by atoms with Crippen molar-refractivity contribution in [3.05, 3.63) is 29.8 Å². The Kier molecular flexibility index (Phi) is 5.46. The molecule has 1 aromatic carbocycles. The summed E-state index contributed by atoms with van der Waals surface area (Å²) >= 11 is 0. The highest BCUT2D eigenvalue weighted by atomic mass is 16.3. The summed E-state index contributed by atoms with van der Waals surface area (Å²) in [6, 6.07) is 8.23. The van der Waals surface area contributed by atoms with Crippen molar-refractivity contribution < 1.29 is 5.11 Å². The highest BCUT2D eigenvalue weighted by Gasteiger charge is 2.35. The second kappa shape index (κ2) is 7.14. The third-order valence-electron chi connectivity index (χ3n) is 4.72. The first-order chi connectivity index (χ1) is 10.4. The molecule has 1 saturated carbocycles. The lowest BCUT2D eigenvalue weighted by Crippen LogP contribution is -2.39. The molecular weight excluding hydrogens is 274 g/mol. The van der Waals surface area contributed by atoms with Crippen molar-refractivity contribution in [3.8, 4) is 0 Å². The van der Waals surface area contributed by atoms with E-state index in [1.54, 1.807) is 0 Å². The molecule has 1 aliphatic rings. The number of hydrogen-bond donors (Lipinski definition) is 3. The van der Waals surface area contributed by atoms with Gasteiger partial charge >= 0.3 is 0 Å². The van der Waals surface area contributed by atoms with Crippen LogP contribution in [0.5, 0.6) is 0 Å². The molecule has 4 heteroatoms. The molecule has 0 spiro atoms. The molecule has 0 bridgehead atoms. The summed E-state index contributed by atoms with van der Waals surface area (Å²) in [5.41, 5.74) is 8.09. The molecule has 0 saturated heterocycles. The van der Waals surface area contributed by atoms with E-state index in [0.29, 0.717) is 18.4 Å². The summed E-state index contributed by atoms with van der Waals surface area (Å²) in [5, 5.41) is 13.4. The molecule has 22 heavy (non-hydrogen) atoms. The van der Waals surface area contributed by atoms with Crippen LogP contribution in [0.3, 0.4) is 0 Å².